The third kappa shape index (κ3) is 3.43. The lowest BCUT2D eigenvalue weighted by Crippen LogP contribution is -2.52. The summed E-state index contributed by atoms with van der Waals surface area (Å²) in [7, 11) is 0. The van der Waals surface area contributed by atoms with E-state index in [1.54, 1.807) is 0 Å². The number of hydrogen-bond donors (Lipinski definition) is 3. The normalized spacial score (nSPS) is 26.6. The van der Waals surface area contributed by atoms with E-state index in [0.717, 1.165) is 12.8 Å². The third-order valence-corrected chi connectivity index (χ3v) is 3.38. The smallest absolute Gasteiger partial charge is 0.308 e. The fraction of sp³-hybridized carbons (Fsp3) is 0.833. The number of carbonyl (C=O) groups excluding carboxylic acids is 1. The third-order valence-electron chi connectivity index (χ3n) is 3.38. The van der Waals surface area contributed by atoms with Gasteiger partial charge in [0.1, 0.15) is 0 Å². The summed E-state index contributed by atoms with van der Waals surface area (Å²) in [5.41, 5.74) is 5.52. The van der Waals surface area contributed by atoms with Gasteiger partial charge in [-0.3, -0.25) is 9.59 Å². The first-order valence-electron chi connectivity index (χ1n) is 6.02. The van der Waals surface area contributed by atoms with E-state index in [1.165, 1.54) is 0 Å². The van der Waals surface area contributed by atoms with Gasteiger partial charge in [-0.25, -0.2) is 0 Å². The Bertz CT molecular complexity index is 309. The molecule has 0 spiro atoms. The second-order valence-corrected chi connectivity index (χ2v) is 5.83. The van der Waals surface area contributed by atoms with Crippen molar-refractivity contribution in [1.29, 1.82) is 0 Å². The van der Waals surface area contributed by atoms with Crippen LogP contribution in [0.2, 0.25) is 0 Å². The minimum atomic E-state index is -0.836. The van der Waals surface area contributed by atoms with E-state index < -0.39 is 17.9 Å². The zero-order valence-electron chi connectivity index (χ0n) is 10.7. The number of aliphatic carboxylic acids is 1. The van der Waals surface area contributed by atoms with Gasteiger partial charge in [-0.15, -0.1) is 0 Å². The lowest BCUT2D eigenvalue weighted by molar-refractivity contribution is -0.142. The van der Waals surface area contributed by atoms with Gasteiger partial charge in [0, 0.05) is 6.04 Å². The maximum Gasteiger partial charge on any atom is 0.308 e. The van der Waals surface area contributed by atoms with E-state index in [0.29, 0.717) is 6.42 Å². The molecule has 0 radical (unpaired) electrons. The summed E-state index contributed by atoms with van der Waals surface area (Å²) in [6.45, 7) is 5.67. The Labute approximate surface area is 102 Å². The van der Waals surface area contributed by atoms with Crippen molar-refractivity contribution in [1.82, 2.24) is 5.32 Å². The highest BCUT2D eigenvalue weighted by atomic mass is 16.4. The van der Waals surface area contributed by atoms with Crippen LogP contribution in [0.15, 0.2) is 0 Å². The molecular formula is C12H22N2O3. The first-order chi connectivity index (χ1) is 7.73. The molecule has 1 rings (SSSR count). The van der Waals surface area contributed by atoms with E-state index in [2.05, 4.69) is 5.32 Å². The summed E-state index contributed by atoms with van der Waals surface area (Å²) in [6.07, 6.45) is 2.19. The van der Waals surface area contributed by atoms with Crippen LogP contribution < -0.4 is 11.1 Å². The number of carbonyl (C=O) groups is 2. The number of carboxylic acids is 1. The van der Waals surface area contributed by atoms with Crippen molar-refractivity contribution in [2.24, 2.45) is 17.1 Å². The Morgan fingerprint density at radius 1 is 1.35 bits per heavy atom. The summed E-state index contributed by atoms with van der Waals surface area (Å²) in [6, 6.07) is -0.883. The van der Waals surface area contributed by atoms with Crippen LogP contribution in [-0.4, -0.2) is 29.1 Å². The standard InChI is InChI=1S/C12H22N2O3/c1-12(2,3)9(13)10(15)14-8-6-4-5-7(8)11(16)17/h7-9H,4-6,13H2,1-3H3,(H,14,15)(H,16,17)/t7?,8?,9-/m1/s1. The lowest BCUT2D eigenvalue weighted by Gasteiger charge is -2.28. The largest absolute Gasteiger partial charge is 0.481 e. The molecule has 1 fully saturated rings. The Morgan fingerprint density at radius 2 is 1.94 bits per heavy atom. The van der Waals surface area contributed by atoms with Gasteiger partial charge in [0.2, 0.25) is 5.91 Å². The second kappa shape index (κ2) is 5.04. The van der Waals surface area contributed by atoms with Crippen LogP contribution in [0.4, 0.5) is 0 Å². The van der Waals surface area contributed by atoms with Crippen LogP contribution in [0.3, 0.4) is 0 Å². The van der Waals surface area contributed by atoms with Gasteiger partial charge in [0.25, 0.3) is 0 Å². The SMILES string of the molecule is CC(C)(C)[C@H](N)C(=O)NC1CCCC1C(=O)O. The Hall–Kier alpha value is -1.10. The molecule has 1 aliphatic carbocycles. The summed E-state index contributed by atoms with van der Waals surface area (Å²) in [4.78, 5) is 22.9. The Kier molecular flexibility index (Phi) is 4.14. The topological polar surface area (TPSA) is 92.4 Å². The van der Waals surface area contributed by atoms with Crippen LogP contribution in [-0.2, 0) is 9.59 Å². The monoisotopic (exact) mass is 242 g/mol. The minimum Gasteiger partial charge on any atom is -0.481 e. The molecule has 0 aromatic rings. The predicted molar refractivity (Wildman–Crippen MR) is 64.3 cm³/mol. The van der Waals surface area contributed by atoms with Crippen molar-refractivity contribution in [2.75, 3.05) is 0 Å². The molecule has 1 aliphatic rings. The molecule has 5 heteroatoms. The molecule has 0 aromatic carbocycles. The van der Waals surface area contributed by atoms with E-state index in [1.807, 2.05) is 20.8 Å². The van der Waals surface area contributed by atoms with Crippen molar-refractivity contribution in [3.05, 3.63) is 0 Å². The first-order valence-corrected chi connectivity index (χ1v) is 6.02. The molecule has 0 aliphatic heterocycles. The number of rotatable bonds is 3. The maximum absolute atomic E-state index is 11.9. The quantitative estimate of drug-likeness (QED) is 0.680. The maximum atomic E-state index is 11.9. The van der Waals surface area contributed by atoms with Gasteiger partial charge in [0.05, 0.1) is 12.0 Å². The average molecular weight is 242 g/mol. The van der Waals surface area contributed by atoms with Crippen LogP contribution in [0, 0.1) is 11.3 Å². The summed E-state index contributed by atoms with van der Waals surface area (Å²) in [5.74, 6) is -1.56. The van der Waals surface area contributed by atoms with E-state index >= 15 is 0 Å². The molecule has 2 unspecified atom stereocenters. The van der Waals surface area contributed by atoms with E-state index in [-0.39, 0.29) is 17.4 Å². The Morgan fingerprint density at radius 3 is 2.41 bits per heavy atom. The van der Waals surface area contributed by atoms with E-state index in [4.69, 9.17) is 10.8 Å². The molecular weight excluding hydrogens is 220 g/mol. The van der Waals surface area contributed by atoms with Gasteiger partial charge < -0.3 is 16.2 Å². The average Bonchev–Trinajstić information content (AvgIpc) is 2.63. The highest BCUT2D eigenvalue weighted by Gasteiger charge is 2.36. The molecule has 0 aromatic heterocycles. The van der Waals surface area contributed by atoms with Crippen molar-refractivity contribution in [3.8, 4) is 0 Å². The molecule has 98 valence electrons. The van der Waals surface area contributed by atoms with Gasteiger partial charge in [-0.05, 0) is 18.3 Å². The highest BCUT2D eigenvalue weighted by molar-refractivity contribution is 5.83. The number of carboxylic acid groups (broad SMARTS) is 1. The molecule has 0 saturated heterocycles. The van der Waals surface area contributed by atoms with Crippen LogP contribution in [0.1, 0.15) is 40.0 Å². The Balaban J connectivity index is 2.60. The highest BCUT2D eigenvalue weighted by Crippen LogP contribution is 2.26. The second-order valence-electron chi connectivity index (χ2n) is 5.83. The van der Waals surface area contributed by atoms with E-state index in [9.17, 15) is 9.59 Å². The lowest BCUT2D eigenvalue weighted by atomic mass is 9.86. The molecule has 4 N–H and O–H groups in total. The number of hydrogen-bond acceptors (Lipinski definition) is 3. The van der Waals surface area contributed by atoms with Crippen molar-refractivity contribution >= 4 is 11.9 Å². The minimum absolute atomic E-state index is 0.254. The molecule has 5 nitrogen and oxygen atoms in total. The summed E-state index contributed by atoms with van der Waals surface area (Å²) in [5, 5.41) is 11.8. The van der Waals surface area contributed by atoms with Gasteiger partial charge in [-0.1, -0.05) is 27.2 Å². The van der Waals surface area contributed by atoms with Crippen molar-refractivity contribution in [2.45, 2.75) is 52.1 Å². The van der Waals surface area contributed by atoms with Crippen LogP contribution in [0.25, 0.3) is 0 Å². The predicted octanol–water partition coefficient (Wildman–Crippen LogP) is 0.729. The van der Waals surface area contributed by atoms with Crippen LogP contribution >= 0.6 is 0 Å². The number of nitrogens with one attached hydrogen (secondary N) is 1. The fourth-order valence-corrected chi connectivity index (χ4v) is 2.09. The van der Waals surface area contributed by atoms with Gasteiger partial charge >= 0.3 is 5.97 Å². The molecule has 3 atom stereocenters. The van der Waals surface area contributed by atoms with Crippen molar-refractivity contribution < 1.29 is 14.7 Å². The molecule has 1 amide bonds. The number of amides is 1. The summed E-state index contributed by atoms with van der Waals surface area (Å²) >= 11 is 0. The van der Waals surface area contributed by atoms with Gasteiger partial charge in [0.15, 0.2) is 0 Å². The first kappa shape index (κ1) is 14.0. The number of nitrogens with two attached hydrogens (primary N) is 1. The fourth-order valence-electron chi connectivity index (χ4n) is 2.09. The summed E-state index contributed by atoms with van der Waals surface area (Å²) < 4.78 is 0. The molecule has 0 bridgehead atoms. The molecule has 1 saturated carbocycles. The van der Waals surface area contributed by atoms with Crippen molar-refractivity contribution in [3.63, 3.8) is 0 Å². The zero-order valence-corrected chi connectivity index (χ0v) is 10.7. The zero-order chi connectivity index (χ0) is 13.2. The van der Waals surface area contributed by atoms with Crippen LogP contribution in [0.5, 0.6) is 0 Å². The molecule has 0 heterocycles. The van der Waals surface area contributed by atoms with Gasteiger partial charge in [-0.2, -0.15) is 0 Å². The molecule has 17 heavy (non-hydrogen) atoms.